The van der Waals surface area contributed by atoms with Gasteiger partial charge in [-0.3, -0.25) is 9.78 Å². The fourth-order valence-electron chi connectivity index (χ4n) is 5.29. The zero-order chi connectivity index (χ0) is 35.9. The number of carboxylic acids is 1. The number of nitrogens with one attached hydrogen (secondary N) is 2. The lowest BCUT2D eigenvalue weighted by Crippen LogP contribution is -3.13. The molecule has 1 atom stereocenters. The predicted molar refractivity (Wildman–Crippen MR) is 171 cm³/mol. The maximum atomic E-state index is 13.7. The highest BCUT2D eigenvalue weighted by molar-refractivity contribution is 7.12. The Labute approximate surface area is 285 Å². The number of amides is 1. The van der Waals surface area contributed by atoms with Gasteiger partial charge in [0.25, 0.3) is 5.91 Å². The number of carboxylic acid groups (broad SMARTS) is 1. The van der Waals surface area contributed by atoms with Crippen molar-refractivity contribution in [3.63, 3.8) is 0 Å². The summed E-state index contributed by atoms with van der Waals surface area (Å²) in [4.78, 5) is 31.8. The first-order chi connectivity index (χ1) is 23.8. The van der Waals surface area contributed by atoms with Crippen molar-refractivity contribution >= 4 is 28.9 Å². The number of carbonyl (C=O) groups is 2. The molecule has 0 aliphatic carbocycles. The van der Waals surface area contributed by atoms with Crippen LogP contribution in [0.5, 0.6) is 5.75 Å². The molecule has 264 valence electrons. The number of likely N-dealkylation sites (tertiary alicyclic amines) is 1. The Morgan fingerprint density at radius 2 is 1.70 bits per heavy atom. The van der Waals surface area contributed by atoms with Gasteiger partial charge in [0.05, 0.1) is 24.2 Å². The number of benzene rings is 1. The topological polar surface area (TPSA) is 123 Å². The van der Waals surface area contributed by atoms with Gasteiger partial charge in [-0.15, -0.1) is 11.3 Å². The minimum absolute atomic E-state index is 0.140. The van der Waals surface area contributed by atoms with Crippen molar-refractivity contribution in [2.24, 2.45) is 0 Å². The van der Waals surface area contributed by atoms with E-state index in [1.165, 1.54) is 50.7 Å². The molecule has 0 spiro atoms. The van der Waals surface area contributed by atoms with Gasteiger partial charge in [0.2, 0.25) is 0 Å². The van der Waals surface area contributed by atoms with Crippen molar-refractivity contribution in [1.29, 1.82) is 0 Å². The van der Waals surface area contributed by atoms with E-state index in [9.17, 15) is 31.1 Å². The van der Waals surface area contributed by atoms with Crippen LogP contribution in [0.15, 0.2) is 78.8 Å². The maximum absolute atomic E-state index is 13.7. The number of thiophene rings is 1. The third-order valence-corrected chi connectivity index (χ3v) is 8.76. The van der Waals surface area contributed by atoms with Crippen LogP contribution < -0.4 is 15.0 Å². The maximum Gasteiger partial charge on any atom is 0.490 e. The van der Waals surface area contributed by atoms with Crippen molar-refractivity contribution in [3.05, 3.63) is 89.3 Å². The van der Waals surface area contributed by atoms with Crippen LogP contribution in [0.2, 0.25) is 0 Å². The average molecular weight is 722 g/mol. The van der Waals surface area contributed by atoms with E-state index in [1.807, 2.05) is 30.5 Å². The number of ether oxygens (including phenoxy) is 1. The van der Waals surface area contributed by atoms with Gasteiger partial charge in [0, 0.05) is 41.5 Å². The molecule has 50 heavy (non-hydrogen) atoms. The second-order valence-electron chi connectivity index (χ2n) is 11.3. The van der Waals surface area contributed by atoms with Gasteiger partial charge in [-0.1, -0.05) is 18.2 Å². The molecule has 1 aliphatic heterocycles. The van der Waals surface area contributed by atoms with Crippen LogP contribution in [0, 0.1) is 0 Å². The molecule has 3 N–H and O–H groups in total. The van der Waals surface area contributed by atoms with Gasteiger partial charge in [0.15, 0.2) is 11.7 Å². The van der Waals surface area contributed by atoms with Gasteiger partial charge in [-0.2, -0.15) is 31.4 Å². The highest BCUT2D eigenvalue weighted by Gasteiger charge is 2.42. The molecule has 6 rings (SSSR count). The fourth-order valence-corrected chi connectivity index (χ4v) is 6.10. The predicted octanol–water partition coefficient (Wildman–Crippen LogP) is 5.63. The minimum atomic E-state index is -5.08. The van der Waals surface area contributed by atoms with Crippen molar-refractivity contribution in [2.45, 2.75) is 37.7 Å². The molecule has 0 saturated carbocycles. The van der Waals surface area contributed by atoms with E-state index in [1.54, 1.807) is 33.3 Å². The molecule has 17 heteroatoms. The number of halogens is 6. The molecule has 1 amide bonds. The van der Waals surface area contributed by atoms with Crippen LogP contribution >= 0.6 is 11.3 Å². The van der Waals surface area contributed by atoms with Crippen molar-refractivity contribution in [1.82, 2.24) is 24.9 Å². The van der Waals surface area contributed by atoms with Crippen molar-refractivity contribution in [3.8, 4) is 28.0 Å². The van der Waals surface area contributed by atoms with Crippen LogP contribution in [-0.4, -0.2) is 75.2 Å². The van der Waals surface area contributed by atoms with E-state index in [4.69, 9.17) is 14.6 Å². The summed E-state index contributed by atoms with van der Waals surface area (Å²) in [5.41, 5.74) is 3.56. The molecule has 0 bridgehead atoms. The van der Waals surface area contributed by atoms with E-state index in [0.29, 0.717) is 23.4 Å². The van der Waals surface area contributed by atoms with Crippen LogP contribution in [0.1, 0.15) is 40.5 Å². The van der Waals surface area contributed by atoms with Crippen LogP contribution in [0.3, 0.4) is 0 Å². The van der Waals surface area contributed by atoms with E-state index < -0.39 is 30.3 Å². The Hall–Kier alpha value is -5.03. The molecule has 1 saturated heterocycles. The number of alkyl halides is 6. The quantitative estimate of drug-likeness (QED) is 0.169. The van der Waals surface area contributed by atoms with E-state index in [2.05, 4.69) is 20.4 Å². The molecule has 1 aromatic carbocycles. The van der Waals surface area contributed by atoms with Crippen LogP contribution in [0.25, 0.3) is 27.9 Å². The second kappa shape index (κ2) is 15.7. The van der Waals surface area contributed by atoms with Crippen LogP contribution in [0.4, 0.5) is 26.3 Å². The lowest BCUT2D eigenvalue weighted by atomic mass is 10.1. The summed E-state index contributed by atoms with van der Waals surface area (Å²) >= 11 is 1.05. The normalized spacial score (nSPS) is 14.4. The largest absolute Gasteiger partial charge is 0.490 e. The lowest BCUT2D eigenvalue weighted by molar-refractivity contribution is -0.904. The summed E-state index contributed by atoms with van der Waals surface area (Å²) in [7, 11) is 0. The molecule has 4 aromatic heterocycles. The first-order valence-electron chi connectivity index (χ1n) is 15.4. The summed E-state index contributed by atoms with van der Waals surface area (Å²) in [5.74, 6) is -2.75. The number of aliphatic carboxylic acids is 1. The van der Waals surface area contributed by atoms with E-state index >= 15 is 0 Å². The van der Waals surface area contributed by atoms with Gasteiger partial charge in [-0.25, -0.2) is 14.3 Å². The lowest BCUT2D eigenvalue weighted by Gasteiger charge is -2.23. The SMILES string of the molecule is O=C(NC(c1cccnc1)C(F)(F)F)c1cc(-c2cnn3cc(-c4ccc(OCC[NH+]5CCCCC5)cc4)cnc23)cs1.O=C(O)C(F)(F)F. The minimum Gasteiger partial charge on any atom is -0.488 e. The highest BCUT2D eigenvalue weighted by atomic mass is 32.1. The molecule has 1 fully saturated rings. The standard InChI is InChI=1S/C31H29F3N6O2S.C2HF3O2/c32-31(33,34)28(22-5-4-10-35-16-22)38-30(41)27-15-23(20-43-27)26-18-37-40-19-24(17-36-29(26)40)21-6-8-25(9-7-21)42-14-13-39-11-2-1-3-12-39;3-2(4,5)1(6)7/h4-10,15-20,28H,1-3,11-14H2,(H,38,41);(H,6,7)/p+1. The molecule has 5 aromatic rings. The molecule has 10 nitrogen and oxygen atoms in total. The summed E-state index contributed by atoms with van der Waals surface area (Å²) in [6, 6.07) is 9.94. The number of quaternary nitrogens is 1. The zero-order valence-electron chi connectivity index (χ0n) is 26.2. The monoisotopic (exact) mass is 721 g/mol. The molecular formula is C33H31F6N6O4S+. The highest BCUT2D eigenvalue weighted by Crippen LogP contribution is 2.34. The molecule has 1 aliphatic rings. The number of piperidine rings is 1. The summed E-state index contributed by atoms with van der Waals surface area (Å²) < 4.78 is 80.5. The number of hydrogen-bond acceptors (Lipinski definition) is 7. The Kier molecular flexibility index (Phi) is 11.4. The molecule has 5 heterocycles. The van der Waals surface area contributed by atoms with E-state index in [-0.39, 0.29) is 10.4 Å². The number of hydrogen-bond donors (Lipinski definition) is 3. The second-order valence-corrected chi connectivity index (χ2v) is 12.3. The van der Waals surface area contributed by atoms with Gasteiger partial charge >= 0.3 is 18.3 Å². The number of pyridine rings is 1. The Bertz CT molecular complexity index is 1890. The number of fused-ring (bicyclic) bond motifs is 1. The van der Waals surface area contributed by atoms with Crippen molar-refractivity contribution < 1.29 is 50.7 Å². The van der Waals surface area contributed by atoms with E-state index in [0.717, 1.165) is 41.0 Å². The summed E-state index contributed by atoms with van der Waals surface area (Å²) in [6.07, 6.45) is 1.88. The number of carbonyl (C=O) groups excluding carboxylic acids is 1. The zero-order valence-corrected chi connectivity index (χ0v) is 27.0. The van der Waals surface area contributed by atoms with Crippen LogP contribution in [-0.2, 0) is 4.79 Å². The third-order valence-electron chi connectivity index (χ3n) is 7.83. The van der Waals surface area contributed by atoms with Gasteiger partial charge < -0.3 is 20.1 Å². The average Bonchev–Trinajstić information content (AvgIpc) is 3.75. The number of rotatable bonds is 9. The Morgan fingerprint density at radius 3 is 2.34 bits per heavy atom. The Balaban J connectivity index is 0.000000630. The molecule has 1 unspecified atom stereocenters. The Morgan fingerprint density at radius 1 is 0.980 bits per heavy atom. The smallest absolute Gasteiger partial charge is 0.488 e. The third kappa shape index (κ3) is 9.35. The summed E-state index contributed by atoms with van der Waals surface area (Å²) in [6.45, 7) is 4.16. The molecular weight excluding hydrogens is 690 g/mol. The van der Waals surface area contributed by atoms with Gasteiger partial charge in [-0.05, 0) is 60.0 Å². The first-order valence-corrected chi connectivity index (χ1v) is 16.2. The number of aromatic nitrogens is 4. The first kappa shape index (κ1) is 36.3. The summed E-state index contributed by atoms with van der Waals surface area (Å²) in [5, 5.41) is 15.4. The van der Waals surface area contributed by atoms with Crippen molar-refractivity contribution in [2.75, 3.05) is 26.2 Å². The van der Waals surface area contributed by atoms with Gasteiger partial charge in [0.1, 0.15) is 18.9 Å². The number of nitrogens with zero attached hydrogens (tertiary/aromatic N) is 4. The molecule has 0 radical (unpaired) electrons. The fraction of sp³-hybridized carbons (Fsp3) is 0.303.